The lowest BCUT2D eigenvalue weighted by molar-refractivity contribution is 0.0316. The number of rotatable bonds is 55. The second-order valence-corrected chi connectivity index (χ2v) is 29.9. The Morgan fingerprint density at radius 3 is 1.08 bits per heavy atom. The Morgan fingerprint density at radius 2 is 0.694 bits per heavy atom. The van der Waals surface area contributed by atoms with Crippen molar-refractivity contribution in [2.45, 2.75) is 223 Å². The van der Waals surface area contributed by atoms with Crippen LogP contribution >= 0.6 is 94.1 Å². The fourth-order valence-corrected chi connectivity index (χ4v) is 18.9. The Kier molecular flexibility index (Phi) is 58.0. The maximum atomic E-state index is 12.0. The van der Waals surface area contributed by atoms with Gasteiger partial charge in [0.05, 0.1) is 5.60 Å². The Balaban J connectivity index is 4.19. The van der Waals surface area contributed by atoms with E-state index in [-0.39, 0.29) is 0 Å². The molecular weight excluding hydrogens is 941 g/mol. The third-order valence-electron chi connectivity index (χ3n) is 12.0. The van der Waals surface area contributed by atoms with E-state index in [0.29, 0.717) is 11.2 Å². The highest BCUT2D eigenvalue weighted by Gasteiger charge is 2.37. The van der Waals surface area contributed by atoms with Gasteiger partial charge in [-0.2, -0.15) is 94.1 Å². The summed E-state index contributed by atoms with van der Waals surface area (Å²) in [5.74, 6) is 20.0. The van der Waals surface area contributed by atoms with Crippen LogP contribution in [-0.2, 0) is 0 Å². The van der Waals surface area contributed by atoms with Crippen molar-refractivity contribution in [2.75, 3.05) is 86.3 Å². The molecule has 0 saturated carbocycles. The van der Waals surface area contributed by atoms with Crippen LogP contribution in [0.25, 0.3) is 0 Å². The molecule has 0 amide bonds. The minimum atomic E-state index is -0.568. The van der Waals surface area contributed by atoms with Crippen molar-refractivity contribution >= 4 is 115 Å². The topological polar surface area (TPSA) is 20.2 Å². The van der Waals surface area contributed by atoms with E-state index in [2.05, 4.69) is 115 Å². The number of hydrogen-bond acceptors (Lipinski definition) is 9. The van der Waals surface area contributed by atoms with E-state index in [1.807, 2.05) is 0 Å². The zero-order valence-corrected chi connectivity index (χ0v) is 52.7. The SMILES string of the molecule is CCCCCC(CSCCSCCSCCSCCCCCCCCCCCC[SiH3])C(SCCSCCSCCSCCCCCCCCCCCC[SiH3])C(C)(O)CCCCC. The van der Waals surface area contributed by atoms with Gasteiger partial charge < -0.3 is 5.11 Å². The lowest BCUT2D eigenvalue weighted by Gasteiger charge is -2.38. The van der Waals surface area contributed by atoms with E-state index >= 15 is 0 Å². The van der Waals surface area contributed by atoms with Crippen LogP contribution in [0.2, 0.25) is 12.1 Å². The Morgan fingerprint density at radius 1 is 0.371 bits per heavy atom. The van der Waals surface area contributed by atoms with Crippen LogP contribution in [0.15, 0.2) is 0 Å². The van der Waals surface area contributed by atoms with E-state index in [0.717, 1.165) is 12.8 Å². The molecular formula is C51H108OS8Si2. The molecule has 0 aromatic carbocycles. The highest BCUT2D eigenvalue weighted by Crippen LogP contribution is 2.38. The van der Waals surface area contributed by atoms with Crippen molar-refractivity contribution in [2.24, 2.45) is 5.92 Å². The average molecular weight is 1050 g/mol. The van der Waals surface area contributed by atoms with Crippen molar-refractivity contribution < 1.29 is 5.11 Å². The van der Waals surface area contributed by atoms with Gasteiger partial charge in [-0.1, -0.05) is 180 Å². The first kappa shape index (κ1) is 65.2. The van der Waals surface area contributed by atoms with Crippen LogP contribution < -0.4 is 0 Å². The minimum Gasteiger partial charge on any atom is -0.389 e. The van der Waals surface area contributed by atoms with Gasteiger partial charge in [-0.15, -0.1) is 0 Å². The fraction of sp³-hybridized carbons (Fsp3) is 1.00. The van der Waals surface area contributed by atoms with Gasteiger partial charge in [-0.3, -0.25) is 0 Å². The average Bonchev–Trinajstić information content (AvgIpc) is 3.26. The largest absolute Gasteiger partial charge is 0.389 e. The highest BCUT2D eigenvalue weighted by atomic mass is 32.2. The third kappa shape index (κ3) is 48.2. The van der Waals surface area contributed by atoms with Crippen molar-refractivity contribution in [1.82, 2.24) is 0 Å². The van der Waals surface area contributed by atoms with Crippen molar-refractivity contribution in [1.29, 1.82) is 0 Å². The van der Waals surface area contributed by atoms with Crippen LogP contribution in [0, 0.1) is 5.92 Å². The van der Waals surface area contributed by atoms with Gasteiger partial charge in [-0.05, 0) is 55.8 Å². The van der Waals surface area contributed by atoms with E-state index in [9.17, 15) is 5.11 Å². The molecule has 0 heterocycles. The summed E-state index contributed by atoms with van der Waals surface area (Å²) in [5, 5.41) is 12.4. The van der Waals surface area contributed by atoms with Gasteiger partial charge in [0, 0.05) is 94.8 Å². The molecule has 3 unspecified atom stereocenters. The first-order chi connectivity index (χ1) is 30.5. The molecule has 3 atom stereocenters. The minimum absolute atomic E-state index is 0.356. The van der Waals surface area contributed by atoms with Crippen molar-refractivity contribution in [3.05, 3.63) is 0 Å². The molecule has 11 heteroatoms. The van der Waals surface area contributed by atoms with Crippen LogP contribution in [0.1, 0.15) is 201 Å². The molecule has 0 aromatic rings. The molecule has 0 aliphatic carbocycles. The summed E-state index contributed by atoms with van der Waals surface area (Å²) in [5.41, 5.74) is -0.568. The van der Waals surface area contributed by atoms with Gasteiger partial charge in [0.2, 0.25) is 0 Å². The van der Waals surface area contributed by atoms with Crippen LogP contribution in [0.4, 0.5) is 0 Å². The highest BCUT2D eigenvalue weighted by molar-refractivity contribution is 8.06. The molecule has 0 spiro atoms. The quantitative estimate of drug-likeness (QED) is 0.0471. The molecule has 0 saturated heterocycles. The molecule has 0 aliphatic heterocycles. The standard InChI is InChI=1S/C51H108OS8Si2/c1-4-6-24-30-49(48-59-43-42-57-39-38-55-36-34-53-32-26-20-16-12-8-10-14-18-22-28-46-61)50(51(3,52)31-25-7-5-2)60-45-44-58-41-40-56-37-35-54-33-27-21-17-13-9-11-15-19-23-29-47-62/h49-50,52H,4-48H2,1-3,61-62H3. The summed E-state index contributed by atoms with van der Waals surface area (Å²) in [6, 6.07) is 3.00. The van der Waals surface area contributed by atoms with Gasteiger partial charge in [0.25, 0.3) is 0 Å². The van der Waals surface area contributed by atoms with Crippen LogP contribution in [-0.4, -0.2) is 123 Å². The summed E-state index contributed by atoms with van der Waals surface area (Å²) in [4.78, 5) is 0. The van der Waals surface area contributed by atoms with E-state index < -0.39 is 5.60 Å². The first-order valence-electron chi connectivity index (χ1n) is 26.9. The number of aliphatic hydroxyl groups is 1. The molecule has 1 nitrogen and oxygen atoms in total. The maximum Gasteiger partial charge on any atom is 0.0740 e. The fourth-order valence-electron chi connectivity index (χ4n) is 8.08. The van der Waals surface area contributed by atoms with Crippen LogP contribution in [0.3, 0.4) is 0 Å². The van der Waals surface area contributed by atoms with Gasteiger partial charge >= 0.3 is 0 Å². The van der Waals surface area contributed by atoms with Gasteiger partial charge in [0.15, 0.2) is 0 Å². The molecule has 374 valence electrons. The zero-order valence-electron chi connectivity index (χ0n) is 42.2. The van der Waals surface area contributed by atoms with E-state index in [4.69, 9.17) is 0 Å². The zero-order chi connectivity index (χ0) is 45.1. The van der Waals surface area contributed by atoms with Crippen molar-refractivity contribution in [3.63, 3.8) is 0 Å². The molecule has 0 radical (unpaired) electrons. The summed E-state index contributed by atoms with van der Waals surface area (Å²) >= 11 is 17.4. The Hall–Kier alpha value is 3.19. The summed E-state index contributed by atoms with van der Waals surface area (Å²) in [6.45, 7) is 6.82. The van der Waals surface area contributed by atoms with Crippen LogP contribution in [0.5, 0.6) is 0 Å². The molecule has 0 bridgehead atoms. The summed E-state index contributed by atoms with van der Waals surface area (Å²) in [7, 11) is 2.79. The molecule has 0 aliphatic rings. The molecule has 0 fully saturated rings. The molecule has 1 N–H and O–H groups in total. The number of thioether (sulfide) groups is 8. The normalized spacial score (nSPS) is 13.9. The summed E-state index contributed by atoms with van der Waals surface area (Å²) < 4.78 is 0. The Labute approximate surface area is 431 Å². The predicted molar refractivity (Wildman–Crippen MR) is 322 cm³/mol. The summed E-state index contributed by atoms with van der Waals surface area (Å²) in [6.07, 6.45) is 39.2. The second-order valence-electron chi connectivity index (χ2n) is 18.2. The van der Waals surface area contributed by atoms with Gasteiger partial charge in [0.1, 0.15) is 0 Å². The molecule has 62 heavy (non-hydrogen) atoms. The lowest BCUT2D eigenvalue weighted by Crippen LogP contribution is -2.43. The Bertz CT molecular complexity index is 833. The second kappa shape index (κ2) is 55.1. The number of hydrogen-bond donors (Lipinski definition) is 1. The van der Waals surface area contributed by atoms with E-state index in [1.165, 1.54) is 286 Å². The first-order valence-corrected chi connectivity index (χ1v) is 38.9. The third-order valence-corrected chi connectivity index (χ3v) is 23.9. The van der Waals surface area contributed by atoms with Gasteiger partial charge in [-0.25, -0.2) is 0 Å². The maximum absolute atomic E-state index is 12.0. The smallest absolute Gasteiger partial charge is 0.0740 e. The monoisotopic (exact) mass is 1050 g/mol. The lowest BCUT2D eigenvalue weighted by atomic mass is 9.85. The number of unbranched alkanes of at least 4 members (excludes halogenated alkanes) is 22. The molecule has 0 aromatic heterocycles. The van der Waals surface area contributed by atoms with E-state index in [1.54, 1.807) is 0 Å². The molecule has 0 rings (SSSR count). The predicted octanol–water partition coefficient (Wildman–Crippen LogP) is 16.1. The van der Waals surface area contributed by atoms with Crippen molar-refractivity contribution in [3.8, 4) is 0 Å².